The fraction of sp³-hybridized carbons (Fsp3) is 0.500. The summed E-state index contributed by atoms with van der Waals surface area (Å²) in [5.41, 5.74) is 2.45. The van der Waals surface area contributed by atoms with Gasteiger partial charge in [-0.1, -0.05) is 5.57 Å². The lowest BCUT2D eigenvalue weighted by molar-refractivity contribution is 0.683. The van der Waals surface area contributed by atoms with Gasteiger partial charge >= 0.3 is 0 Å². The summed E-state index contributed by atoms with van der Waals surface area (Å²) in [6, 6.07) is 0. The number of aryl methyl sites for hydroxylation is 1. The minimum atomic E-state index is 0.890. The molecule has 0 aliphatic heterocycles. The summed E-state index contributed by atoms with van der Waals surface area (Å²) in [6.45, 7) is 7.78. The van der Waals surface area contributed by atoms with Crippen LogP contribution in [0.3, 0.4) is 0 Å². The van der Waals surface area contributed by atoms with Gasteiger partial charge in [-0.15, -0.1) is 6.58 Å². The first-order chi connectivity index (χ1) is 6.18. The highest BCUT2D eigenvalue weighted by Crippen LogP contribution is 1.96. The molecule has 1 aromatic heterocycles. The Balaban J connectivity index is 2.16. The van der Waals surface area contributed by atoms with Crippen LogP contribution in [-0.4, -0.2) is 16.3 Å². The van der Waals surface area contributed by atoms with Crippen molar-refractivity contribution in [2.45, 2.75) is 19.9 Å². The zero-order valence-electron chi connectivity index (χ0n) is 8.38. The van der Waals surface area contributed by atoms with Crippen molar-refractivity contribution < 1.29 is 0 Å². The van der Waals surface area contributed by atoms with Gasteiger partial charge < -0.3 is 5.32 Å². The largest absolute Gasteiger partial charge is 0.312 e. The molecule has 0 aromatic carbocycles. The summed E-state index contributed by atoms with van der Waals surface area (Å²) in [5, 5.41) is 7.42. The van der Waals surface area contributed by atoms with Crippen LogP contribution < -0.4 is 5.32 Å². The lowest BCUT2D eigenvalue weighted by Crippen LogP contribution is -2.14. The minimum absolute atomic E-state index is 0.890. The molecule has 3 heteroatoms. The van der Waals surface area contributed by atoms with E-state index in [1.807, 2.05) is 31.0 Å². The maximum Gasteiger partial charge on any atom is 0.0534 e. The van der Waals surface area contributed by atoms with Crippen LogP contribution >= 0.6 is 0 Å². The Morgan fingerprint density at radius 2 is 2.46 bits per heavy atom. The normalized spacial score (nSPS) is 10.3. The van der Waals surface area contributed by atoms with E-state index in [0.717, 1.165) is 19.5 Å². The van der Waals surface area contributed by atoms with E-state index >= 15 is 0 Å². The summed E-state index contributed by atoms with van der Waals surface area (Å²) < 4.78 is 1.82. The molecule has 72 valence electrons. The third-order valence-electron chi connectivity index (χ3n) is 1.82. The number of nitrogens with zero attached hydrogens (tertiary/aromatic N) is 2. The first kappa shape index (κ1) is 9.99. The van der Waals surface area contributed by atoms with Gasteiger partial charge in [0.15, 0.2) is 0 Å². The fourth-order valence-corrected chi connectivity index (χ4v) is 1.10. The molecular formula is C10H17N3. The number of hydrogen-bond acceptors (Lipinski definition) is 2. The van der Waals surface area contributed by atoms with Gasteiger partial charge in [-0.05, 0) is 19.9 Å². The van der Waals surface area contributed by atoms with Crippen molar-refractivity contribution in [3.63, 3.8) is 0 Å². The number of nitrogens with one attached hydrogen (secondary N) is 1. The molecule has 1 rings (SSSR count). The van der Waals surface area contributed by atoms with Gasteiger partial charge in [0, 0.05) is 25.4 Å². The predicted octanol–water partition coefficient (Wildman–Crippen LogP) is 1.48. The zero-order chi connectivity index (χ0) is 9.68. The van der Waals surface area contributed by atoms with Gasteiger partial charge in [0.1, 0.15) is 0 Å². The van der Waals surface area contributed by atoms with Crippen molar-refractivity contribution in [1.29, 1.82) is 0 Å². The van der Waals surface area contributed by atoms with E-state index in [1.54, 1.807) is 0 Å². The predicted molar refractivity (Wildman–Crippen MR) is 54.3 cm³/mol. The van der Waals surface area contributed by atoms with E-state index in [-0.39, 0.29) is 0 Å². The molecule has 0 saturated heterocycles. The molecule has 3 nitrogen and oxygen atoms in total. The topological polar surface area (TPSA) is 29.9 Å². The van der Waals surface area contributed by atoms with Crippen LogP contribution in [0.15, 0.2) is 24.5 Å². The van der Waals surface area contributed by atoms with Crippen molar-refractivity contribution in [2.24, 2.45) is 7.05 Å². The standard InChI is InChI=1S/C10H17N3/c1-9(2)4-5-11-6-10-7-12-13(3)8-10/h7-8,11H,1,4-6H2,2-3H3. The monoisotopic (exact) mass is 179 g/mol. The summed E-state index contributed by atoms with van der Waals surface area (Å²) >= 11 is 0. The van der Waals surface area contributed by atoms with Crippen LogP contribution in [0.4, 0.5) is 0 Å². The van der Waals surface area contributed by atoms with Crippen molar-refractivity contribution in [3.05, 3.63) is 30.1 Å². The van der Waals surface area contributed by atoms with Crippen LogP contribution in [0, 0.1) is 0 Å². The highest BCUT2D eigenvalue weighted by Gasteiger charge is 1.94. The van der Waals surface area contributed by atoms with Gasteiger partial charge in [0.05, 0.1) is 6.20 Å². The summed E-state index contributed by atoms with van der Waals surface area (Å²) in [6.07, 6.45) is 4.95. The quantitative estimate of drug-likeness (QED) is 0.548. The molecular weight excluding hydrogens is 162 g/mol. The summed E-state index contributed by atoms with van der Waals surface area (Å²) in [4.78, 5) is 0. The SMILES string of the molecule is C=C(C)CCNCc1cnn(C)c1. The van der Waals surface area contributed by atoms with Gasteiger partial charge in [-0.25, -0.2) is 0 Å². The minimum Gasteiger partial charge on any atom is -0.312 e. The van der Waals surface area contributed by atoms with E-state index < -0.39 is 0 Å². The molecule has 0 amide bonds. The van der Waals surface area contributed by atoms with Crippen LogP contribution in [0.5, 0.6) is 0 Å². The molecule has 1 aromatic rings. The Bertz CT molecular complexity index is 275. The van der Waals surface area contributed by atoms with Gasteiger partial charge in [0.25, 0.3) is 0 Å². The Morgan fingerprint density at radius 3 is 3.00 bits per heavy atom. The highest BCUT2D eigenvalue weighted by molar-refractivity contribution is 5.02. The van der Waals surface area contributed by atoms with Crippen LogP contribution in [-0.2, 0) is 13.6 Å². The molecule has 1 heterocycles. The fourth-order valence-electron chi connectivity index (χ4n) is 1.10. The molecule has 0 atom stereocenters. The lowest BCUT2D eigenvalue weighted by Gasteiger charge is -2.01. The second-order valence-corrected chi connectivity index (χ2v) is 3.41. The molecule has 0 spiro atoms. The number of rotatable bonds is 5. The van der Waals surface area contributed by atoms with E-state index in [4.69, 9.17) is 0 Å². The van der Waals surface area contributed by atoms with Crippen LogP contribution in [0.2, 0.25) is 0 Å². The van der Waals surface area contributed by atoms with Gasteiger partial charge in [-0.2, -0.15) is 5.10 Å². The molecule has 13 heavy (non-hydrogen) atoms. The maximum absolute atomic E-state index is 4.09. The Hall–Kier alpha value is -1.09. The first-order valence-corrected chi connectivity index (χ1v) is 4.51. The average molecular weight is 179 g/mol. The number of hydrogen-bond donors (Lipinski definition) is 1. The van der Waals surface area contributed by atoms with Crippen LogP contribution in [0.1, 0.15) is 18.9 Å². The van der Waals surface area contributed by atoms with E-state index in [2.05, 4.69) is 17.0 Å². The van der Waals surface area contributed by atoms with Gasteiger partial charge in [-0.3, -0.25) is 4.68 Å². The molecule has 0 radical (unpaired) electrons. The third-order valence-corrected chi connectivity index (χ3v) is 1.82. The van der Waals surface area contributed by atoms with Crippen molar-refractivity contribution in [3.8, 4) is 0 Å². The Morgan fingerprint density at radius 1 is 1.69 bits per heavy atom. The molecule has 0 bridgehead atoms. The average Bonchev–Trinajstić information content (AvgIpc) is 2.45. The smallest absolute Gasteiger partial charge is 0.0534 e. The van der Waals surface area contributed by atoms with Crippen LogP contribution in [0.25, 0.3) is 0 Å². The van der Waals surface area contributed by atoms with Crippen molar-refractivity contribution in [1.82, 2.24) is 15.1 Å². The molecule has 0 unspecified atom stereocenters. The van der Waals surface area contributed by atoms with E-state index in [0.29, 0.717) is 0 Å². The second kappa shape index (κ2) is 4.82. The van der Waals surface area contributed by atoms with E-state index in [9.17, 15) is 0 Å². The summed E-state index contributed by atoms with van der Waals surface area (Å²) in [5.74, 6) is 0. The maximum atomic E-state index is 4.09. The number of aromatic nitrogens is 2. The lowest BCUT2D eigenvalue weighted by atomic mass is 10.2. The molecule has 0 aliphatic carbocycles. The molecule has 0 saturated carbocycles. The highest BCUT2D eigenvalue weighted by atomic mass is 15.2. The van der Waals surface area contributed by atoms with E-state index in [1.165, 1.54) is 11.1 Å². The Labute approximate surface area is 79.5 Å². The molecule has 0 fully saturated rings. The molecule has 0 aliphatic rings. The summed E-state index contributed by atoms with van der Waals surface area (Å²) in [7, 11) is 1.93. The first-order valence-electron chi connectivity index (χ1n) is 4.51. The third kappa shape index (κ3) is 3.90. The Kier molecular flexibility index (Phi) is 3.71. The zero-order valence-corrected chi connectivity index (χ0v) is 8.38. The van der Waals surface area contributed by atoms with Crippen molar-refractivity contribution in [2.75, 3.05) is 6.54 Å². The second-order valence-electron chi connectivity index (χ2n) is 3.41. The van der Waals surface area contributed by atoms with Gasteiger partial charge in [0.2, 0.25) is 0 Å². The van der Waals surface area contributed by atoms with Crippen molar-refractivity contribution >= 4 is 0 Å². The molecule has 1 N–H and O–H groups in total.